The van der Waals surface area contributed by atoms with Gasteiger partial charge in [0.1, 0.15) is 5.82 Å². The Morgan fingerprint density at radius 1 is 1.11 bits per heavy atom. The quantitative estimate of drug-likeness (QED) is 0.733. The second kappa shape index (κ2) is 7.88. The van der Waals surface area contributed by atoms with Gasteiger partial charge in [-0.15, -0.1) is 0 Å². The van der Waals surface area contributed by atoms with Crippen LogP contribution in [-0.2, 0) is 6.54 Å². The van der Waals surface area contributed by atoms with Gasteiger partial charge >= 0.3 is 0 Å². The molecule has 0 bridgehead atoms. The predicted octanol–water partition coefficient (Wildman–Crippen LogP) is 4.45. The van der Waals surface area contributed by atoms with Crippen LogP contribution in [0.1, 0.15) is 36.8 Å². The molecule has 1 heterocycles. The molecule has 2 atom stereocenters. The van der Waals surface area contributed by atoms with Crippen molar-refractivity contribution in [2.24, 2.45) is 17.6 Å². The Labute approximate surface area is 166 Å². The maximum absolute atomic E-state index is 13.5. The summed E-state index contributed by atoms with van der Waals surface area (Å²) in [5.74, 6) is 1.84. The summed E-state index contributed by atoms with van der Waals surface area (Å²) >= 11 is 0. The average molecular weight is 376 g/mol. The summed E-state index contributed by atoms with van der Waals surface area (Å²) in [6, 6.07) is 14.1. The van der Waals surface area contributed by atoms with Gasteiger partial charge in [0.2, 0.25) is 0 Å². The fourth-order valence-corrected chi connectivity index (χ4v) is 4.57. The third-order valence-corrected chi connectivity index (χ3v) is 6.16. The van der Waals surface area contributed by atoms with Gasteiger partial charge in [-0.05, 0) is 69.2 Å². The van der Waals surface area contributed by atoms with Crippen LogP contribution in [0.3, 0.4) is 0 Å². The summed E-state index contributed by atoms with van der Waals surface area (Å²) in [7, 11) is 0. The van der Waals surface area contributed by atoms with Gasteiger partial charge in [-0.25, -0.2) is 4.98 Å². The molecule has 1 fully saturated rings. The van der Waals surface area contributed by atoms with Gasteiger partial charge in [-0.3, -0.25) is 9.36 Å². The summed E-state index contributed by atoms with van der Waals surface area (Å²) in [6.07, 6.45) is 4.66. The number of nitrogens with zero attached hydrogens (tertiary/aromatic N) is 2. The lowest BCUT2D eigenvalue weighted by molar-refractivity contribution is 0.246. The third-order valence-electron chi connectivity index (χ3n) is 6.16. The summed E-state index contributed by atoms with van der Waals surface area (Å²) < 4.78 is 1.92. The van der Waals surface area contributed by atoms with Crippen LogP contribution in [0.5, 0.6) is 0 Å². The molecule has 1 aromatic heterocycles. The lowest BCUT2D eigenvalue weighted by atomic mass is 9.81. The van der Waals surface area contributed by atoms with Gasteiger partial charge in [-0.2, -0.15) is 0 Å². The molecule has 0 aliphatic heterocycles. The molecule has 4 heteroatoms. The van der Waals surface area contributed by atoms with Gasteiger partial charge in [0.25, 0.3) is 5.56 Å². The Bertz CT molecular complexity index is 1050. The fraction of sp³-hybridized carbons (Fsp3) is 0.417. The first-order chi connectivity index (χ1) is 13.6. The fourth-order valence-electron chi connectivity index (χ4n) is 4.57. The molecule has 1 saturated carbocycles. The van der Waals surface area contributed by atoms with E-state index in [-0.39, 0.29) is 5.56 Å². The van der Waals surface area contributed by atoms with Gasteiger partial charge in [0.05, 0.1) is 10.9 Å². The zero-order chi connectivity index (χ0) is 19.7. The van der Waals surface area contributed by atoms with Crippen molar-refractivity contribution >= 4 is 10.9 Å². The predicted molar refractivity (Wildman–Crippen MR) is 115 cm³/mol. The molecule has 2 aromatic carbocycles. The lowest BCUT2D eigenvalue weighted by Gasteiger charge is -2.29. The Kier molecular flexibility index (Phi) is 5.31. The number of fused-ring (bicyclic) bond motifs is 1. The highest BCUT2D eigenvalue weighted by molar-refractivity contribution is 5.80. The van der Waals surface area contributed by atoms with Crippen LogP contribution in [0.25, 0.3) is 22.3 Å². The Hall–Kier alpha value is -2.46. The highest BCUT2D eigenvalue weighted by Crippen LogP contribution is 2.31. The van der Waals surface area contributed by atoms with Crippen molar-refractivity contribution in [3.8, 4) is 11.4 Å². The van der Waals surface area contributed by atoms with Crippen LogP contribution in [0.15, 0.2) is 47.3 Å². The van der Waals surface area contributed by atoms with Crippen LogP contribution in [0.4, 0.5) is 0 Å². The largest absolute Gasteiger partial charge is 0.330 e. The van der Waals surface area contributed by atoms with Crippen molar-refractivity contribution in [1.82, 2.24) is 9.55 Å². The normalized spacial score (nSPS) is 19.8. The minimum atomic E-state index is 0.0711. The van der Waals surface area contributed by atoms with Gasteiger partial charge < -0.3 is 5.73 Å². The molecule has 1 aliphatic rings. The third kappa shape index (κ3) is 3.61. The number of hydrogen-bond donors (Lipinski definition) is 1. The summed E-state index contributed by atoms with van der Waals surface area (Å²) in [4.78, 5) is 18.5. The summed E-state index contributed by atoms with van der Waals surface area (Å²) in [5, 5.41) is 0.712. The van der Waals surface area contributed by atoms with Crippen molar-refractivity contribution in [1.29, 1.82) is 0 Å². The van der Waals surface area contributed by atoms with E-state index >= 15 is 0 Å². The van der Waals surface area contributed by atoms with Crippen LogP contribution >= 0.6 is 0 Å². The van der Waals surface area contributed by atoms with E-state index in [1.54, 1.807) is 0 Å². The van der Waals surface area contributed by atoms with Crippen molar-refractivity contribution in [3.63, 3.8) is 0 Å². The number of aryl methyl sites for hydroxylation is 2. The van der Waals surface area contributed by atoms with Crippen molar-refractivity contribution in [3.05, 3.63) is 63.9 Å². The lowest BCUT2D eigenvalue weighted by Crippen LogP contribution is -2.31. The van der Waals surface area contributed by atoms with Crippen molar-refractivity contribution in [2.45, 2.75) is 46.1 Å². The smallest absolute Gasteiger partial charge is 0.261 e. The topological polar surface area (TPSA) is 60.9 Å². The number of hydrogen-bond acceptors (Lipinski definition) is 3. The van der Waals surface area contributed by atoms with Gasteiger partial charge in [0, 0.05) is 12.1 Å². The average Bonchev–Trinajstić information content (AvgIpc) is 2.71. The number of nitrogens with two attached hydrogens (primary N) is 1. The number of rotatable bonds is 4. The van der Waals surface area contributed by atoms with E-state index in [9.17, 15) is 4.79 Å². The Morgan fingerprint density at radius 3 is 2.68 bits per heavy atom. The first kappa shape index (κ1) is 18.9. The summed E-state index contributed by atoms with van der Waals surface area (Å²) in [5.41, 5.74) is 10.0. The minimum Gasteiger partial charge on any atom is -0.330 e. The second-order valence-corrected chi connectivity index (χ2v) is 8.32. The van der Waals surface area contributed by atoms with Crippen LogP contribution in [-0.4, -0.2) is 16.1 Å². The molecule has 0 radical (unpaired) electrons. The van der Waals surface area contributed by atoms with Crippen LogP contribution < -0.4 is 11.3 Å². The molecular formula is C24H29N3O. The molecule has 2 unspecified atom stereocenters. The Balaban J connectivity index is 1.87. The molecular weight excluding hydrogens is 346 g/mol. The number of aromatic nitrogens is 2. The monoisotopic (exact) mass is 375 g/mol. The van der Waals surface area contributed by atoms with Crippen LogP contribution in [0, 0.1) is 25.7 Å². The molecule has 146 valence electrons. The van der Waals surface area contributed by atoms with E-state index in [0.29, 0.717) is 17.2 Å². The van der Waals surface area contributed by atoms with Gasteiger partial charge in [-0.1, -0.05) is 42.3 Å². The number of benzene rings is 2. The first-order valence-corrected chi connectivity index (χ1v) is 10.3. The molecule has 28 heavy (non-hydrogen) atoms. The van der Waals surface area contributed by atoms with Crippen molar-refractivity contribution in [2.75, 3.05) is 6.54 Å². The second-order valence-electron chi connectivity index (χ2n) is 8.32. The standard InChI is InChI=1S/C24H29N3O/c1-16-10-11-22-21(12-16)24(28)27(15-19-8-5-7-18(13-19)14-25)23(26-22)20-9-4-3-6-17(20)2/h3-4,6,9-12,18-19H,5,7-8,13-15,25H2,1-2H3. The van der Waals surface area contributed by atoms with Crippen molar-refractivity contribution < 1.29 is 0 Å². The van der Waals surface area contributed by atoms with Crippen LogP contribution in [0.2, 0.25) is 0 Å². The van der Waals surface area contributed by atoms with E-state index in [0.717, 1.165) is 54.0 Å². The maximum Gasteiger partial charge on any atom is 0.261 e. The molecule has 0 spiro atoms. The van der Waals surface area contributed by atoms with Gasteiger partial charge in [0.15, 0.2) is 0 Å². The highest BCUT2D eigenvalue weighted by Gasteiger charge is 2.24. The molecule has 4 rings (SSSR count). The van der Waals surface area contributed by atoms with E-state index in [1.165, 1.54) is 12.8 Å². The van der Waals surface area contributed by atoms with E-state index in [2.05, 4.69) is 19.1 Å². The molecule has 1 aliphatic carbocycles. The zero-order valence-corrected chi connectivity index (χ0v) is 16.8. The molecule has 2 N–H and O–H groups in total. The van der Waals surface area contributed by atoms with E-state index in [4.69, 9.17) is 10.7 Å². The molecule has 4 nitrogen and oxygen atoms in total. The first-order valence-electron chi connectivity index (χ1n) is 10.3. The maximum atomic E-state index is 13.5. The minimum absolute atomic E-state index is 0.0711. The van der Waals surface area contributed by atoms with E-state index in [1.807, 2.05) is 41.8 Å². The highest BCUT2D eigenvalue weighted by atomic mass is 16.1. The van der Waals surface area contributed by atoms with E-state index < -0.39 is 0 Å². The SMILES string of the molecule is Cc1ccc2nc(-c3ccccc3C)n(CC3CCCC(CN)C3)c(=O)c2c1. The Morgan fingerprint density at radius 2 is 1.89 bits per heavy atom. The zero-order valence-electron chi connectivity index (χ0n) is 16.8. The molecule has 0 saturated heterocycles. The summed E-state index contributed by atoms with van der Waals surface area (Å²) in [6.45, 7) is 5.56. The molecule has 3 aromatic rings. The molecule has 0 amide bonds.